The van der Waals surface area contributed by atoms with E-state index in [9.17, 15) is 14.4 Å². The Bertz CT molecular complexity index is 714. The largest absolute Gasteiger partial charge is 0.348 e. The van der Waals surface area contributed by atoms with Gasteiger partial charge in [-0.05, 0) is 38.2 Å². The third-order valence-corrected chi connectivity index (χ3v) is 5.69. The van der Waals surface area contributed by atoms with Crippen LogP contribution in [0.5, 0.6) is 0 Å². The zero-order chi connectivity index (χ0) is 22.3. The first-order valence-electron chi connectivity index (χ1n) is 11.0. The van der Waals surface area contributed by atoms with Crippen molar-refractivity contribution in [1.82, 2.24) is 15.5 Å². The summed E-state index contributed by atoms with van der Waals surface area (Å²) >= 11 is 0. The molecule has 5 N–H and O–H groups in total. The van der Waals surface area contributed by atoms with E-state index in [-0.39, 0.29) is 35.7 Å². The Morgan fingerprint density at radius 2 is 1.63 bits per heavy atom. The number of nitrogens with zero attached hydrogens (tertiary/aromatic N) is 1. The quantitative estimate of drug-likeness (QED) is 0.593. The van der Waals surface area contributed by atoms with Crippen molar-refractivity contribution in [2.75, 3.05) is 13.1 Å². The van der Waals surface area contributed by atoms with Gasteiger partial charge in [-0.1, -0.05) is 44.2 Å². The Kier molecular flexibility index (Phi) is 8.84. The van der Waals surface area contributed by atoms with E-state index in [0.717, 1.165) is 12.0 Å². The maximum absolute atomic E-state index is 12.6. The number of benzene rings is 1. The number of carbonyl (C=O) groups excluding carboxylic acids is 3. The van der Waals surface area contributed by atoms with Crippen molar-refractivity contribution in [3.8, 4) is 0 Å². The third kappa shape index (κ3) is 6.83. The molecular weight excluding hydrogens is 380 g/mol. The summed E-state index contributed by atoms with van der Waals surface area (Å²) in [5.74, 6) is -0.00204. The number of quaternary nitrogens is 1. The summed E-state index contributed by atoms with van der Waals surface area (Å²) < 4.78 is 0. The maximum atomic E-state index is 12.6. The molecule has 0 radical (unpaired) electrons. The van der Waals surface area contributed by atoms with Crippen LogP contribution in [0, 0.1) is 11.8 Å². The van der Waals surface area contributed by atoms with Crippen molar-refractivity contribution >= 4 is 17.7 Å². The molecular formula is C23H37N4O3+. The molecule has 1 fully saturated rings. The Hall–Kier alpha value is -2.41. The molecule has 1 heterocycles. The molecule has 1 aliphatic rings. The average molecular weight is 418 g/mol. The summed E-state index contributed by atoms with van der Waals surface area (Å²) in [6.07, 6.45) is 1.99. The smallest absolute Gasteiger partial charge is 0.280 e. The van der Waals surface area contributed by atoms with Crippen LogP contribution in [0.15, 0.2) is 30.3 Å². The van der Waals surface area contributed by atoms with Crippen LogP contribution < -0.4 is 16.4 Å². The van der Waals surface area contributed by atoms with Gasteiger partial charge in [0.05, 0.1) is 6.04 Å². The monoisotopic (exact) mass is 417 g/mol. The van der Waals surface area contributed by atoms with Crippen LogP contribution >= 0.6 is 0 Å². The Balaban J connectivity index is 1.78. The molecule has 166 valence electrons. The fourth-order valence-corrected chi connectivity index (χ4v) is 3.85. The first-order chi connectivity index (χ1) is 14.2. The molecule has 0 bridgehead atoms. The molecule has 2 rings (SSSR count). The normalized spacial score (nSPS) is 17.9. The van der Waals surface area contributed by atoms with Crippen LogP contribution in [0.1, 0.15) is 58.6 Å². The first kappa shape index (κ1) is 23.9. The average Bonchev–Trinajstić information content (AvgIpc) is 2.73. The fourth-order valence-electron chi connectivity index (χ4n) is 3.85. The van der Waals surface area contributed by atoms with E-state index in [0.29, 0.717) is 31.8 Å². The number of hydrogen-bond acceptors (Lipinski definition) is 3. The highest BCUT2D eigenvalue weighted by atomic mass is 16.2. The summed E-state index contributed by atoms with van der Waals surface area (Å²) in [5.41, 5.74) is 5.01. The van der Waals surface area contributed by atoms with E-state index in [4.69, 9.17) is 0 Å². The number of carbonyl (C=O) groups is 3. The van der Waals surface area contributed by atoms with Gasteiger partial charge in [-0.15, -0.1) is 0 Å². The van der Waals surface area contributed by atoms with E-state index < -0.39 is 6.04 Å². The second-order valence-corrected chi connectivity index (χ2v) is 8.80. The summed E-state index contributed by atoms with van der Waals surface area (Å²) in [6, 6.07) is 8.74. The van der Waals surface area contributed by atoms with Gasteiger partial charge in [-0.25, -0.2) is 0 Å². The molecule has 1 aromatic carbocycles. The van der Waals surface area contributed by atoms with Crippen LogP contribution in [0.3, 0.4) is 0 Å². The molecule has 3 amide bonds. The molecule has 1 aliphatic heterocycles. The summed E-state index contributed by atoms with van der Waals surface area (Å²) in [5, 5.41) is 5.77. The van der Waals surface area contributed by atoms with E-state index in [1.54, 1.807) is 6.92 Å². The van der Waals surface area contributed by atoms with Gasteiger partial charge < -0.3 is 21.3 Å². The number of amides is 3. The molecule has 1 saturated heterocycles. The van der Waals surface area contributed by atoms with Crippen molar-refractivity contribution in [2.45, 2.75) is 65.1 Å². The summed E-state index contributed by atoms with van der Waals surface area (Å²) in [7, 11) is 0. The van der Waals surface area contributed by atoms with Crippen molar-refractivity contribution in [3.05, 3.63) is 35.9 Å². The highest BCUT2D eigenvalue weighted by Gasteiger charge is 2.32. The zero-order valence-electron chi connectivity index (χ0n) is 18.7. The first-order valence-corrected chi connectivity index (χ1v) is 11.0. The van der Waals surface area contributed by atoms with Gasteiger partial charge in [0.2, 0.25) is 11.8 Å². The summed E-state index contributed by atoms with van der Waals surface area (Å²) in [4.78, 5) is 39.4. The Morgan fingerprint density at radius 3 is 2.20 bits per heavy atom. The number of piperidine rings is 1. The highest BCUT2D eigenvalue weighted by Crippen LogP contribution is 2.19. The fraction of sp³-hybridized carbons (Fsp3) is 0.609. The highest BCUT2D eigenvalue weighted by molar-refractivity contribution is 5.88. The molecule has 1 aromatic rings. The summed E-state index contributed by atoms with van der Waals surface area (Å²) in [6.45, 7) is 8.91. The van der Waals surface area contributed by atoms with Gasteiger partial charge in [0.25, 0.3) is 5.91 Å². The van der Waals surface area contributed by atoms with Crippen molar-refractivity contribution < 1.29 is 20.1 Å². The predicted octanol–water partition coefficient (Wildman–Crippen LogP) is 1.26. The van der Waals surface area contributed by atoms with Crippen molar-refractivity contribution in [3.63, 3.8) is 0 Å². The number of nitrogens with one attached hydrogen (secondary N) is 2. The van der Waals surface area contributed by atoms with Crippen LogP contribution in [0.2, 0.25) is 0 Å². The standard InChI is InChI=1S/C23H36N4O3/c1-15(2)14-20(24)23(30)27-12-10-19(11-13-27)22(29)26-17(4)21(28)25-16(3)18-8-6-5-7-9-18/h5-9,15-17,19-20H,10-14,24H2,1-4H3,(H,25,28)(H,26,29)/p+1/t16-,17+,20+/m1/s1. The van der Waals surface area contributed by atoms with Gasteiger partial charge in [-0.3, -0.25) is 14.4 Å². The minimum Gasteiger partial charge on any atom is -0.348 e. The third-order valence-electron chi connectivity index (χ3n) is 5.69. The molecule has 0 spiro atoms. The zero-order valence-corrected chi connectivity index (χ0v) is 18.7. The molecule has 0 aromatic heterocycles. The number of likely N-dealkylation sites (tertiary alicyclic amines) is 1. The predicted molar refractivity (Wildman–Crippen MR) is 116 cm³/mol. The minimum absolute atomic E-state index is 0.0743. The Labute approximate surface area is 179 Å². The lowest BCUT2D eigenvalue weighted by molar-refractivity contribution is -0.408. The van der Waals surface area contributed by atoms with Crippen LogP contribution in [0.4, 0.5) is 0 Å². The number of rotatable bonds is 8. The van der Waals surface area contributed by atoms with Crippen LogP contribution in [-0.2, 0) is 14.4 Å². The van der Waals surface area contributed by atoms with Crippen molar-refractivity contribution in [2.24, 2.45) is 11.8 Å². The SMILES string of the molecule is CC(C)C[C@H]([NH3+])C(=O)N1CCC(C(=O)N[C@@H](C)C(=O)N[C@H](C)c2ccccc2)CC1. The van der Waals surface area contributed by atoms with Crippen LogP contribution in [0.25, 0.3) is 0 Å². The maximum Gasteiger partial charge on any atom is 0.280 e. The number of hydrogen-bond donors (Lipinski definition) is 3. The second kappa shape index (κ2) is 11.1. The van der Waals surface area contributed by atoms with Gasteiger partial charge >= 0.3 is 0 Å². The molecule has 7 nitrogen and oxygen atoms in total. The topological polar surface area (TPSA) is 106 Å². The van der Waals surface area contributed by atoms with Crippen LogP contribution in [-0.4, -0.2) is 47.8 Å². The lowest BCUT2D eigenvalue weighted by Gasteiger charge is -2.32. The van der Waals surface area contributed by atoms with E-state index in [1.807, 2.05) is 42.2 Å². The lowest BCUT2D eigenvalue weighted by atomic mass is 9.94. The second-order valence-electron chi connectivity index (χ2n) is 8.80. The van der Waals surface area contributed by atoms with E-state index in [2.05, 4.69) is 30.2 Å². The minimum atomic E-state index is -0.612. The Morgan fingerprint density at radius 1 is 1.03 bits per heavy atom. The molecule has 0 unspecified atom stereocenters. The van der Waals surface area contributed by atoms with Gasteiger partial charge in [-0.2, -0.15) is 0 Å². The van der Waals surface area contributed by atoms with Gasteiger partial charge in [0.1, 0.15) is 6.04 Å². The van der Waals surface area contributed by atoms with Gasteiger partial charge in [0.15, 0.2) is 6.04 Å². The van der Waals surface area contributed by atoms with E-state index >= 15 is 0 Å². The molecule has 0 saturated carbocycles. The van der Waals surface area contributed by atoms with Gasteiger partial charge in [0, 0.05) is 25.4 Å². The molecule has 7 heteroatoms. The molecule has 0 aliphatic carbocycles. The van der Waals surface area contributed by atoms with E-state index in [1.165, 1.54) is 0 Å². The lowest BCUT2D eigenvalue weighted by Crippen LogP contribution is -2.68. The molecule has 3 atom stereocenters. The molecule has 30 heavy (non-hydrogen) atoms. The van der Waals surface area contributed by atoms with Crippen molar-refractivity contribution in [1.29, 1.82) is 0 Å².